The van der Waals surface area contributed by atoms with Crippen molar-refractivity contribution in [3.8, 4) is 0 Å². The van der Waals surface area contributed by atoms with E-state index in [9.17, 15) is 22.8 Å². The Hall–Kier alpha value is -8.55. The Morgan fingerprint density at radius 3 is 1.66 bits per heavy atom. The van der Waals surface area contributed by atoms with Crippen molar-refractivity contribution in [1.82, 2.24) is 70.0 Å². The van der Waals surface area contributed by atoms with Gasteiger partial charge < -0.3 is 20.5 Å². The summed E-state index contributed by atoms with van der Waals surface area (Å²) in [5.41, 5.74) is 13.6. The summed E-state index contributed by atoms with van der Waals surface area (Å²) in [7, 11) is -0.912. The Morgan fingerprint density at radius 1 is 0.658 bits per heavy atom. The number of rotatable bonds is 12. The number of methoxy groups -OCH3 is 2. The summed E-state index contributed by atoms with van der Waals surface area (Å²) in [6.45, 7) is 4.84. The summed E-state index contributed by atoms with van der Waals surface area (Å²) in [6, 6.07) is 16.8. The minimum atomic E-state index is -3.52. The van der Waals surface area contributed by atoms with Gasteiger partial charge in [0.25, 0.3) is 16.0 Å². The molecule has 1 amide bonds. The minimum Gasteiger partial charge on any atom is -0.465 e. The monoisotopic (exact) mass is 1150 g/mol. The average Bonchev–Trinajstić information content (AvgIpc) is 4.19. The highest BCUT2D eigenvalue weighted by Gasteiger charge is 2.14. The van der Waals surface area contributed by atoms with Gasteiger partial charge in [-0.3, -0.25) is 38.4 Å². The molecule has 0 saturated heterocycles. The highest BCUT2D eigenvalue weighted by molar-refractivity contribution is 7.85. The molecule has 10 heterocycles. The van der Waals surface area contributed by atoms with Crippen LogP contribution in [0.1, 0.15) is 79.8 Å². The molecule has 27 heteroatoms. The fourth-order valence-electron chi connectivity index (χ4n) is 7.09. The van der Waals surface area contributed by atoms with Crippen molar-refractivity contribution < 1.29 is 36.5 Å². The molecule has 0 aliphatic carbocycles. The van der Waals surface area contributed by atoms with E-state index in [1.807, 2.05) is 32.3 Å². The van der Waals surface area contributed by atoms with Gasteiger partial charge in [-0.05, 0) is 85.6 Å². The van der Waals surface area contributed by atoms with Crippen molar-refractivity contribution in [1.29, 1.82) is 0 Å². The Morgan fingerprint density at radius 2 is 1.14 bits per heavy atom. The number of ether oxygens (including phenoxy) is 2. The highest BCUT2D eigenvalue weighted by atomic mass is 35.5. The quantitative estimate of drug-likeness (QED) is 0.0761. The Kier molecular flexibility index (Phi) is 21.9. The summed E-state index contributed by atoms with van der Waals surface area (Å²) in [5, 5.41) is 22.6. The van der Waals surface area contributed by atoms with E-state index in [4.69, 9.17) is 40.5 Å². The van der Waals surface area contributed by atoms with E-state index < -0.39 is 22.1 Å². The molecule has 0 bridgehead atoms. The Labute approximate surface area is 469 Å². The first kappa shape index (κ1) is 61.3. The van der Waals surface area contributed by atoms with Gasteiger partial charge in [0.15, 0.2) is 16.9 Å². The van der Waals surface area contributed by atoms with Gasteiger partial charge >= 0.3 is 11.9 Å². The molecule has 10 rings (SSSR count). The number of carbonyl (C=O) groups is 3. The Bertz CT molecular complexity index is 3830. The standard InChI is InChI=1S/C21H20ClN7O.C14H11ClN4O2.C9H11NO5S.C6H4ClN3.2CH4/c1-12-5-19(23)27-13(2)18(12)9-26-21(30)14-3-4-24-17(7-14)11-29-10-15-6-16(22)8-25-20(15)28-29;1-21-14(20)9-2-3-16-12(5-9)8-19-7-10-4-11(15)6-17-13(10)18-19;1-14-9(11)7-3-4-10-8(5-7)6-15-16(2,12)13;7-5-1-4-2-9-10-6(4)8-3-5;;/h3-8,10H,9,11H2,1-2H3,(H2,23,27)(H,26,30);2-7H,8H2,1H3;3-5H,6H2,1-2H3;1-3H,(H,8,9,10);2*1H4. The van der Waals surface area contributed by atoms with E-state index in [0.717, 1.165) is 44.9 Å². The van der Waals surface area contributed by atoms with Crippen molar-refractivity contribution in [2.24, 2.45) is 0 Å². The number of nitrogens with two attached hydrogens (primary N) is 1. The van der Waals surface area contributed by atoms with Crippen LogP contribution in [0, 0.1) is 13.8 Å². The molecular formula is C52H54Cl3N15O8S. The second-order valence-electron chi connectivity index (χ2n) is 16.4. The van der Waals surface area contributed by atoms with Gasteiger partial charge in [-0.25, -0.2) is 29.5 Å². The number of nitrogen functional groups attached to an aromatic ring is 1. The van der Waals surface area contributed by atoms with Gasteiger partial charge in [-0.1, -0.05) is 49.7 Å². The third-order valence-corrected chi connectivity index (χ3v) is 11.8. The number of carbonyl (C=O) groups excluding carboxylic acids is 3. The Balaban J connectivity index is 0.000000205. The molecule has 0 aliphatic rings. The molecule has 0 atom stereocenters. The molecule has 0 fully saturated rings. The first-order chi connectivity index (χ1) is 36.8. The largest absolute Gasteiger partial charge is 0.465 e. The molecule has 0 unspecified atom stereocenters. The maximum atomic E-state index is 12.7. The predicted molar refractivity (Wildman–Crippen MR) is 300 cm³/mol. The van der Waals surface area contributed by atoms with E-state index in [0.29, 0.717) is 85.6 Å². The third-order valence-electron chi connectivity index (χ3n) is 10.6. The lowest BCUT2D eigenvalue weighted by Gasteiger charge is -2.12. The summed E-state index contributed by atoms with van der Waals surface area (Å²) < 4.78 is 38.6. The van der Waals surface area contributed by atoms with Crippen molar-refractivity contribution in [3.63, 3.8) is 0 Å². The zero-order valence-corrected chi connectivity index (χ0v) is 44.6. The van der Waals surface area contributed by atoms with E-state index >= 15 is 0 Å². The van der Waals surface area contributed by atoms with Gasteiger partial charge in [0.1, 0.15) is 12.4 Å². The van der Waals surface area contributed by atoms with Gasteiger partial charge in [0.05, 0.1) is 83.0 Å². The first-order valence-electron chi connectivity index (χ1n) is 22.6. The molecule has 0 aromatic carbocycles. The molecule has 0 aliphatic heterocycles. The molecule has 0 spiro atoms. The van der Waals surface area contributed by atoms with Crippen molar-refractivity contribution in [3.05, 3.63) is 182 Å². The summed E-state index contributed by atoms with van der Waals surface area (Å²) in [5.74, 6) is -0.614. The molecule has 0 saturated carbocycles. The second-order valence-corrected chi connectivity index (χ2v) is 19.4. The number of esters is 2. The van der Waals surface area contributed by atoms with Crippen LogP contribution in [0.3, 0.4) is 0 Å². The van der Waals surface area contributed by atoms with E-state index in [1.165, 1.54) is 32.5 Å². The SMILES string of the molecule is C.C.COC(=O)c1ccnc(COS(C)(=O)=O)c1.COC(=O)c1ccnc(Cn2cc3cc(Cl)cnc3n2)c1.Cc1cc(N)nc(C)c1CNC(=O)c1ccnc(Cn2cc3cc(Cl)cnc3n2)c1.Clc1cnc2[nH]ncc2c1. The molecular weight excluding hydrogens is 1100 g/mol. The van der Waals surface area contributed by atoms with E-state index in [-0.39, 0.29) is 27.4 Å². The lowest BCUT2D eigenvalue weighted by atomic mass is 10.1. The van der Waals surface area contributed by atoms with Crippen LogP contribution in [0.25, 0.3) is 33.1 Å². The maximum absolute atomic E-state index is 12.7. The molecule has 10 aromatic rings. The molecule has 10 aromatic heterocycles. The molecule has 23 nitrogen and oxygen atoms in total. The predicted octanol–water partition coefficient (Wildman–Crippen LogP) is 8.59. The number of nitrogens with zero attached hydrogens (tertiary/aromatic N) is 12. The number of hydrogen-bond donors (Lipinski definition) is 3. The number of aromatic nitrogens is 13. The highest BCUT2D eigenvalue weighted by Crippen LogP contribution is 2.19. The summed E-state index contributed by atoms with van der Waals surface area (Å²) in [4.78, 5) is 64.3. The fraction of sp³-hybridized carbons (Fsp3) is 0.212. The molecule has 4 N–H and O–H groups in total. The number of amides is 1. The number of aromatic amines is 1. The zero-order valence-electron chi connectivity index (χ0n) is 41.6. The molecule has 79 heavy (non-hydrogen) atoms. The van der Waals surface area contributed by atoms with Crippen LogP contribution < -0.4 is 11.1 Å². The van der Waals surface area contributed by atoms with Gasteiger partial charge in [0.2, 0.25) is 0 Å². The number of nitrogens with one attached hydrogen (secondary N) is 2. The normalized spacial score (nSPS) is 10.6. The van der Waals surface area contributed by atoms with Crippen LogP contribution in [0.5, 0.6) is 0 Å². The number of fused-ring (bicyclic) bond motifs is 3. The lowest BCUT2D eigenvalue weighted by molar-refractivity contribution is 0.0591. The number of anilines is 1. The van der Waals surface area contributed by atoms with Crippen LogP contribution >= 0.6 is 34.8 Å². The van der Waals surface area contributed by atoms with Gasteiger partial charge in [-0.15, -0.1) is 0 Å². The van der Waals surface area contributed by atoms with Crippen molar-refractivity contribution >= 4 is 102 Å². The number of aryl methyl sites for hydroxylation is 2. The van der Waals surface area contributed by atoms with Crippen molar-refractivity contribution in [2.75, 3.05) is 26.2 Å². The van der Waals surface area contributed by atoms with Crippen LogP contribution in [-0.2, 0) is 50.0 Å². The number of halogens is 3. The smallest absolute Gasteiger partial charge is 0.337 e. The van der Waals surface area contributed by atoms with Gasteiger partial charge in [0, 0.05) is 83.5 Å². The fourth-order valence-corrected chi connectivity index (χ4v) is 7.92. The number of pyridine rings is 7. The van der Waals surface area contributed by atoms with E-state index in [2.05, 4.69) is 74.3 Å². The lowest BCUT2D eigenvalue weighted by Crippen LogP contribution is -2.24. The zero-order chi connectivity index (χ0) is 55.2. The van der Waals surface area contributed by atoms with E-state index in [1.54, 1.807) is 89.0 Å². The van der Waals surface area contributed by atoms with Crippen LogP contribution in [-0.4, -0.2) is 111 Å². The van der Waals surface area contributed by atoms with Gasteiger partial charge in [-0.2, -0.15) is 23.7 Å². The molecule has 0 radical (unpaired) electrons. The minimum absolute atomic E-state index is 0. The van der Waals surface area contributed by atoms with Crippen LogP contribution in [0.4, 0.5) is 5.82 Å². The number of H-pyrrole nitrogens is 1. The van der Waals surface area contributed by atoms with Crippen LogP contribution in [0.2, 0.25) is 15.1 Å². The summed E-state index contributed by atoms with van der Waals surface area (Å²) >= 11 is 17.5. The third kappa shape index (κ3) is 17.7. The second kappa shape index (κ2) is 28.2. The topological polar surface area (TPSA) is 306 Å². The summed E-state index contributed by atoms with van der Waals surface area (Å²) in [6.07, 6.45) is 15.6. The number of hydrogen-bond acceptors (Lipinski definition) is 19. The van der Waals surface area contributed by atoms with Crippen LogP contribution in [0.15, 0.2) is 116 Å². The first-order valence-corrected chi connectivity index (χ1v) is 25.6. The van der Waals surface area contributed by atoms with Crippen molar-refractivity contribution in [2.45, 2.75) is 54.9 Å². The maximum Gasteiger partial charge on any atom is 0.337 e. The molecule has 412 valence electrons. The average molecular weight is 1160 g/mol.